The normalized spacial score (nSPS) is 8.12. The third kappa shape index (κ3) is 2.27. The van der Waals surface area contributed by atoms with Crippen LogP contribution in [0, 0.1) is 0 Å². The summed E-state index contributed by atoms with van der Waals surface area (Å²) < 4.78 is 0. The second-order valence-electron chi connectivity index (χ2n) is 1.18. The number of rotatable bonds is 1. The van der Waals surface area contributed by atoms with Crippen molar-refractivity contribution in [3.63, 3.8) is 0 Å². The Hall–Kier alpha value is 0.630. The molecule has 8 heavy (non-hydrogen) atoms. The van der Waals surface area contributed by atoms with Gasteiger partial charge in [0.15, 0.2) is 0 Å². The molecule has 0 unspecified atom stereocenters. The van der Waals surface area contributed by atoms with Gasteiger partial charge < -0.3 is 4.98 Å². The summed E-state index contributed by atoms with van der Waals surface area (Å²) in [4.78, 5) is 4.00. The summed E-state index contributed by atoms with van der Waals surface area (Å²) in [5, 5.41) is 1.10. The Morgan fingerprint density at radius 1 is 1.62 bits per heavy atom. The molecule has 0 saturated carbocycles. The molecule has 1 aromatic heterocycles. The second-order valence-corrected chi connectivity index (χ2v) is 2.01. The minimum absolute atomic E-state index is 0. The summed E-state index contributed by atoms with van der Waals surface area (Å²) >= 11 is 1.66. The fourth-order valence-corrected chi connectivity index (χ4v) is 0.787. The summed E-state index contributed by atoms with van der Waals surface area (Å²) in [7, 11) is 0. The molecule has 3 heteroatoms. The van der Waals surface area contributed by atoms with E-state index in [9.17, 15) is 0 Å². The molecule has 1 nitrogen and oxygen atoms in total. The maximum Gasteiger partial charge on any atom is 1.00 e. The Labute approximate surface area is 75.5 Å². The van der Waals surface area contributed by atoms with Crippen molar-refractivity contribution in [3.05, 3.63) is 18.3 Å². The van der Waals surface area contributed by atoms with Crippen LogP contribution in [0.4, 0.5) is 0 Å². The van der Waals surface area contributed by atoms with Crippen molar-refractivity contribution < 1.29 is 29.6 Å². The topological polar surface area (TPSA) is 14.1 Å². The average molecular weight is 135 g/mol. The van der Waals surface area contributed by atoms with Crippen LogP contribution in [-0.4, -0.2) is 6.26 Å². The number of hydrogen-bond acceptors (Lipinski definition) is 1. The molecule has 0 aromatic carbocycles. The van der Waals surface area contributed by atoms with E-state index in [1.54, 1.807) is 18.0 Å². The molecule has 0 atom stereocenters. The Balaban J connectivity index is 0.000000490. The predicted octanol–water partition coefficient (Wildman–Crippen LogP) is -1.63. The first-order valence-corrected chi connectivity index (χ1v) is 3.27. The van der Waals surface area contributed by atoms with Gasteiger partial charge in [-0.05, 0) is 6.26 Å². The summed E-state index contributed by atoms with van der Waals surface area (Å²) in [6, 6.07) is 3.93. The molecule has 0 aliphatic rings. The van der Waals surface area contributed by atoms with Gasteiger partial charge in [-0.15, -0.1) is 5.03 Å². The predicted molar refractivity (Wildman–Crippen MR) is 31.5 cm³/mol. The molecule has 0 aliphatic heterocycles. The molecular weight excluding hydrogens is 129 g/mol. The van der Waals surface area contributed by atoms with Gasteiger partial charge in [-0.3, -0.25) is 0 Å². The summed E-state index contributed by atoms with van der Waals surface area (Å²) in [6.07, 6.45) is 3.81. The first kappa shape index (κ1) is 8.63. The van der Waals surface area contributed by atoms with Crippen LogP contribution in [0.2, 0.25) is 0 Å². The van der Waals surface area contributed by atoms with Crippen LogP contribution in [0.3, 0.4) is 0 Å². The molecule has 1 aromatic rings. The number of aromatic nitrogens is 1. The molecule has 1 rings (SSSR count). The van der Waals surface area contributed by atoms with Crippen LogP contribution in [0.5, 0.6) is 0 Å². The Morgan fingerprint density at radius 3 is 2.62 bits per heavy atom. The monoisotopic (exact) mass is 135 g/mol. The molecule has 1 heterocycles. The summed E-state index contributed by atoms with van der Waals surface area (Å²) in [5.74, 6) is 0. The molecule has 0 spiro atoms. The van der Waals surface area contributed by atoms with Crippen LogP contribution >= 0.6 is 11.8 Å². The van der Waals surface area contributed by atoms with E-state index in [0.717, 1.165) is 5.03 Å². The van der Waals surface area contributed by atoms with E-state index in [4.69, 9.17) is 0 Å². The minimum atomic E-state index is 0. The van der Waals surface area contributed by atoms with Gasteiger partial charge in [0.1, 0.15) is 0 Å². The molecule has 0 saturated heterocycles. The van der Waals surface area contributed by atoms with E-state index in [-0.39, 0.29) is 29.6 Å². The molecular formula is C5H6NNaS. The second kappa shape index (κ2) is 4.50. The average Bonchev–Trinajstić information content (AvgIpc) is 2.14. The summed E-state index contributed by atoms with van der Waals surface area (Å²) in [6.45, 7) is 0. The Morgan fingerprint density at radius 2 is 2.38 bits per heavy atom. The van der Waals surface area contributed by atoms with Crippen LogP contribution in [0.1, 0.15) is 0 Å². The third-order valence-electron chi connectivity index (χ3n) is 0.736. The van der Waals surface area contributed by atoms with Gasteiger partial charge in [-0.2, -0.15) is 18.0 Å². The third-order valence-corrected chi connectivity index (χ3v) is 1.40. The van der Waals surface area contributed by atoms with Crippen molar-refractivity contribution >= 4 is 11.8 Å². The zero-order valence-electron chi connectivity index (χ0n) is 5.09. The Bertz CT molecular complexity index is 127. The minimum Gasteiger partial charge on any atom is -0.659 e. The van der Waals surface area contributed by atoms with E-state index in [0.29, 0.717) is 0 Å². The smallest absolute Gasteiger partial charge is 0.659 e. The molecule has 0 radical (unpaired) electrons. The van der Waals surface area contributed by atoms with Gasteiger partial charge in [0.25, 0.3) is 0 Å². The van der Waals surface area contributed by atoms with E-state index in [1.165, 1.54) is 0 Å². The molecule has 38 valence electrons. The van der Waals surface area contributed by atoms with Gasteiger partial charge in [-0.1, -0.05) is 12.1 Å². The number of nitrogens with zero attached hydrogens (tertiary/aromatic N) is 1. The van der Waals surface area contributed by atoms with Crippen LogP contribution in [0.25, 0.3) is 0 Å². The maximum absolute atomic E-state index is 4.00. The van der Waals surface area contributed by atoms with Crippen molar-refractivity contribution in [2.45, 2.75) is 5.03 Å². The fourth-order valence-electron chi connectivity index (χ4n) is 0.406. The largest absolute Gasteiger partial charge is 1.00 e. The maximum atomic E-state index is 4.00. The van der Waals surface area contributed by atoms with E-state index >= 15 is 0 Å². The standard InChI is InChI=1S/C5H6NS.Na/c1-7-5-3-2-4-6-5;/h2-4H,1H3;/q-1;+1. The van der Waals surface area contributed by atoms with Gasteiger partial charge in [0, 0.05) is 0 Å². The number of thioether (sulfide) groups is 1. The molecule has 0 aliphatic carbocycles. The quantitative estimate of drug-likeness (QED) is 0.339. The zero-order chi connectivity index (χ0) is 5.11. The van der Waals surface area contributed by atoms with Crippen molar-refractivity contribution in [2.75, 3.05) is 6.26 Å². The molecule has 0 bridgehead atoms. The molecule has 0 N–H and O–H groups in total. The SMILES string of the molecule is CSc1ccc[n-]1.[Na+]. The van der Waals surface area contributed by atoms with Gasteiger partial charge in [-0.25, -0.2) is 0 Å². The Kier molecular flexibility index (Phi) is 4.86. The van der Waals surface area contributed by atoms with Gasteiger partial charge in [0.2, 0.25) is 0 Å². The van der Waals surface area contributed by atoms with Gasteiger partial charge >= 0.3 is 29.6 Å². The zero-order valence-corrected chi connectivity index (χ0v) is 7.90. The van der Waals surface area contributed by atoms with Crippen molar-refractivity contribution in [3.8, 4) is 0 Å². The van der Waals surface area contributed by atoms with Crippen LogP contribution in [0.15, 0.2) is 23.4 Å². The van der Waals surface area contributed by atoms with E-state index in [2.05, 4.69) is 4.98 Å². The van der Waals surface area contributed by atoms with E-state index in [1.807, 2.05) is 18.4 Å². The number of hydrogen-bond donors (Lipinski definition) is 0. The first-order chi connectivity index (χ1) is 3.43. The van der Waals surface area contributed by atoms with Crippen LogP contribution in [-0.2, 0) is 0 Å². The van der Waals surface area contributed by atoms with Crippen molar-refractivity contribution in [1.29, 1.82) is 0 Å². The van der Waals surface area contributed by atoms with Crippen LogP contribution < -0.4 is 34.5 Å². The van der Waals surface area contributed by atoms with E-state index < -0.39 is 0 Å². The first-order valence-electron chi connectivity index (χ1n) is 2.05. The summed E-state index contributed by atoms with van der Waals surface area (Å²) in [5.41, 5.74) is 0. The van der Waals surface area contributed by atoms with Crippen molar-refractivity contribution in [2.24, 2.45) is 0 Å². The van der Waals surface area contributed by atoms with Crippen molar-refractivity contribution in [1.82, 2.24) is 4.98 Å². The van der Waals surface area contributed by atoms with Gasteiger partial charge in [0.05, 0.1) is 0 Å². The molecule has 0 fully saturated rings. The molecule has 0 amide bonds. The fraction of sp³-hybridized carbons (Fsp3) is 0.200.